The van der Waals surface area contributed by atoms with Gasteiger partial charge in [-0.15, -0.1) is 0 Å². The molecule has 0 spiro atoms. The van der Waals surface area contributed by atoms with Gasteiger partial charge in [0.2, 0.25) is 5.91 Å². The summed E-state index contributed by atoms with van der Waals surface area (Å²) >= 11 is 6.20. The lowest BCUT2D eigenvalue weighted by Gasteiger charge is -2.41. The fourth-order valence-electron chi connectivity index (χ4n) is 5.60. The molecule has 0 N–H and O–H groups in total. The van der Waals surface area contributed by atoms with Crippen LogP contribution in [0.15, 0.2) is 91.0 Å². The van der Waals surface area contributed by atoms with Crippen LogP contribution in [0.4, 0.5) is 5.69 Å². The molecular weight excluding hydrogens is 494 g/mol. The minimum Gasteiger partial charge on any atom is -0.496 e. The number of piperazine rings is 1. The SMILES string of the molecule is COc1ccccc1[C@H](c1cccc2ccccc12)[C@@](C)(C#N)C(=O)N1CCN(c2cccc(Cl)c2)CC1. The third kappa shape index (κ3) is 4.68. The summed E-state index contributed by atoms with van der Waals surface area (Å²) in [4.78, 5) is 18.4. The molecule has 5 nitrogen and oxygen atoms in total. The number of carbonyl (C=O) groups is 1. The maximum atomic E-state index is 14.3. The molecule has 6 heteroatoms. The molecule has 1 aliphatic heterocycles. The van der Waals surface area contributed by atoms with Gasteiger partial charge in [0.05, 0.1) is 13.2 Å². The molecular formula is C32H30ClN3O2. The number of anilines is 1. The van der Waals surface area contributed by atoms with E-state index in [0.717, 1.165) is 27.6 Å². The van der Waals surface area contributed by atoms with Crippen molar-refractivity contribution in [2.75, 3.05) is 38.2 Å². The smallest absolute Gasteiger partial charge is 0.243 e. The highest BCUT2D eigenvalue weighted by molar-refractivity contribution is 6.30. The van der Waals surface area contributed by atoms with Gasteiger partial charge < -0.3 is 14.5 Å². The van der Waals surface area contributed by atoms with E-state index < -0.39 is 11.3 Å². The summed E-state index contributed by atoms with van der Waals surface area (Å²) in [6, 6.07) is 32.1. The quantitative estimate of drug-likeness (QED) is 0.289. The zero-order valence-corrected chi connectivity index (χ0v) is 22.4. The number of para-hydroxylation sites is 1. The number of nitrogens with zero attached hydrogens (tertiary/aromatic N) is 3. The van der Waals surface area contributed by atoms with Crippen molar-refractivity contribution in [3.63, 3.8) is 0 Å². The maximum absolute atomic E-state index is 14.3. The number of hydrogen-bond donors (Lipinski definition) is 0. The number of methoxy groups -OCH3 is 1. The molecule has 38 heavy (non-hydrogen) atoms. The zero-order chi connectivity index (χ0) is 26.7. The molecule has 0 aromatic heterocycles. The van der Waals surface area contributed by atoms with Gasteiger partial charge in [-0.05, 0) is 47.5 Å². The Morgan fingerprint density at radius 2 is 1.58 bits per heavy atom. The Hall–Kier alpha value is -4.01. The highest BCUT2D eigenvalue weighted by Crippen LogP contribution is 2.47. The zero-order valence-electron chi connectivity index (χ0n) is 21.6. The first kappa shape index (κ1) is 25.6. The van der Waals surface area contributed by atoms with E-state index in [2.05, 4.69) is 29.2 Å². The molecule has 1 amide bonds. The van der Waals surface area contributed by atoms with Crippen LogP contribution in [0.5, 0.6) is 5.75 Å². The van der Waals surface area contributed by atoms with E-state index in [0.29, 0.717) is 37.0 Å². The second-order valence-electron chi connectivity index (χ2n) is 9.82. The van der Waals surface area contributed by atoms with E-state index in [4.69, 9.17) is 16.3 Å². The number of rotatable bonds is 6. The number of carbonyl (C=O) groups excluding carboxylic acids is 1. The lowest BCUT2D eigenvalue weighted by molar-refractivity contribution is -0.139. The van der Waals surface area contributed by atoms with E-state index in [1.165, 1.54) is 0 Å². The van der Waals surface area contributed by atoms with Crippen molar-refractivity contribution in [2.24, 2.45) is 5.41 Å². The molecule has 4 aromatic rings. The molecule has 5 rings (SSSR count). The molecule has 1 saturated heterocycles. The second kappa shape index (κ2) is 10.8. The first-order chi connectivity index (χ1) is 18.5. The van der Waals surface area contributed by atoms with E-state index in [-0.39, 0.29) is 5.91 Å². The number of fused-ring (bicyclic) bond motifs is 1. The molecule has 1 aliphatic rings. The van der Waals surface area contributed by atoms with Gasteiger partial charge in [-0.3, -0.25) is 4.79 Å². The normalized spacial score (nSPS) is 15.9. The van der Waals surface area contributed by atoms with Crippen LogP contribution in [0.2, 0.25) is 5.02 Å². The van der Waals surface area contributed by atoms with Crippen LogP contribution in [0, 0.1) is 16.7 Å². The van der Waals surface area contributed by atoms with Crippen molar-refractivity contribution in [3.05, 3.63) is 107 Å². The predicted octanol–water partition coefficient (Wildman–Crippen LogP) is 6.51. The number of halogens is 1. The Balaban J connectivity index is 1.54. The first-order valence-electron chi connectivity index (χ1n) is 12.8. The summed E-state index contributed by atoms with van der Waals surface area (Å²) in [5.74, 6) is -0.0479. The van der Waals surface area contributed by atoms with Gasteiger partial charge in [0.15, 0.2) is 0 Å². The number of nitriles is 1. The molecule has 1 heterocycles. The standard InChI is InChI=1S/C32H30ClN3O2/c1-32(22-34,31(37)36-19-17-35(18-20-36)25-12-8-11-24(33)21-25)30(28-14-5-6-16-29(28)38-2)27-15-7-10-23-9-3-4-13-26(23)27/h3-16,21,30H,17-20H2,1-2H3/t30-,32+/m0/s1. The molecule has 0 unspecified atom stereocenters. The third-order valence-corrected chi connectivity index (χ3v) is 7.81. The Kier molecular flexibility index (Phi) is 7.26. The van der Waals surface area contributed by atoms with Crippen LogP contribution in [0.3, 0.4) is 0 Å². The van der Waals surface area contributed by atoms with E-state index in [1.54, 1.807) is 14.0 Å². The highest BCUT2D eigenvalue weighted by atomic mass is 35.5. The summed E-state index contributed by atoms with van der Waals surface area (Å²) in [6.45, 7) is 4.16. The molecule has 0 bridgehead atoms. The largest absolute Gasteiger partial charge is 0.496 e. The average Bonchev–Trinajstić information content (AvgIpc) is 2.97. The van der Waals surface area contributed by atoms with Gasteiger partial charge in [0.25, 0.3) is 0 Å². The number of hydrogen-bond acceptors (Lipinski definition) is 4. The van der Waals surface area contributed by atoms with Crippen molar-refractivity contribution in [1.82, 2.24) is 4.90 Å². The van der Waals surface area contributed by atoms with Crippen LogP contribution in [-0.2, 0) is 4.79 Å². The molecule has 192 valence electrons. The van der Waals surface area contributed by atoms with Crippen LogP contribution < -0.4 is 9.64 Å². The Bertz CT molecular complexity index is 1500. The summed E-state index contributed by atoms with van der Waals surface area (Å²) in [6.07, 6.45) is 0. The van der Waals surface area contributed by atoms with Crippen molar-refractivity contribution in [3.8, 4) is 11.8 Å². The summed E-state index contributed by atoms with van der Waals surface area (Å²) < 4.78 is 5.75. The van der Waals surface area contributed by atoms with E-state index >= 15 is 0 Å². The fraction of sp³-hybridized carbons (Fsp3) is 0.250. The van der Waals surface area contributed by atoms with Gasteiger partial charge in [0.1, 0.15) is 11.2 Å². The lowest BCUT2D eigenvalue weighted by atomic mass is 9.68. The van der Waals surface area contributed by atoms with Crippen molar-refractivity contribution in [2.45, 2.75) is 12.8 Å². The predicted molar refractivity (Wildman–Crippen MR) is 153 cm³/mol. The topological polar surface area (TPSA) is 56.6 Å². The first-order valence-corrected chi connectivity index (χ1v) is 13.2. The molecule has 0 radical (unpaired) electrons. The molecule has 4 aromatic carbocycles. The van der Waals surface area contributed by atoms with Gasteiger partial charge in [-0.25, -0.2) is 0 Å². The monoisotopic (exact) mass is 523 g/mol. The van der Waals surface area contributed by atoms with Crippen LogP contribution >= 0.6 is 11.6 Å². The Morgan fingerprint density at radius 1 is 0.921 bits per heavy atom. The van der Waals surface area contributed by atoms with E-state index in [9.17, 15) is 10.1 Å². The van der Waals surface area contributed by atoms with Crippen molar-refractivity contribution < 1.29 is 9.53 Å². The molecule has 1 fully saturated rings. The van der Waals surface area contributed by atoms with Crippen LogP contribution in [-0.4, -0.2) is 44.1 Å². The third-order valence-electron chi connectivity index (χ3n) is 7.58. The summed E-state index contributed by atoms with van der Waals surface area (Å²) in [7, 11) is 1.62. The Labute approximate surface area is 228 Å². The lowest BCUT2D eigenvalue weighted by Crippen LogP contribution is -2.53. The van der Waals surface area contributed by atoms with Gasteiger partial charge >= 0.3 is 0 Å². The number of amides is 1. The minimum atomic E-state index is -1.36. The van der Waals surface area contributed by atoms with Crippen LogP contribution in [0.25, 0.3) is 10.8 Å². The maximum Gasteiger partial charge on any atom is 0.243 e. The van der Waals surface area contributed by atoms with Crippen LogP contribution in [0.1, 0.15) is 24.0 Å². The average molecular weight is 524 g/mol. The summed E-state index contributed by atoms with van der Waals surface area (Å²) in [5, 5.41) is 13.5. The molecule has 2 atom stereocenters. The second-order valence-corrected chi connectivity index (χ2v) is 10.3. The van der Waals surface area contributed by atoms with Gasteiger partial charge in [0, 0.05) is 48.4 Å². The fourth-order valence-corrected chi connectivity index (χ4v) is 5.79. The van der Waals surface area contributed by atoms with Crippen molar-refractivity contribution in [1.29, 1.82) is 5.26 Å². The van der Waals surface area contributed by atoms with Gasteiger partial charge in [-0.1, -0.05) is 78.3 Å². The summed E-state index contributed by atoms with van der Waals surface area (Å²) in [5.41, 5.74) is 1.43. The molecule has 0 aliphatic carbocycles. The number of benzene rings is 4. The van der Waals surface area contributed by atoms with Gasteiger partial charge in [-0.2, -0.15) is 5.26 Å². The minimum absolute atomic E-state index is 0.172. The highest BCUT2D eigenvalue weighted by Gasteiger charge is 2.47. The van der Waals surface area contributed by atoms with E-state index in [1.807, 2.05) is 77.7 Å². The van der Waals surface area contributed by atoms with Crippen molar-refractivity contribution >= 4 is 34.0 Å². The number of ether oxygens (including phenoxy) is 1. The molecule has 0 saturated carbocycles. The Morgan fingerprint density at radius 3 is 2.32 bits per heavy atom.